The third-order valence-electron chi connectivity index (χ3n) is 2.65. The maximum absolute atomic E-state index is 11.4. The van der Waals surface area contributed by atoms with Crippen LogP contribution in [0.25, 0.3) is 0 Å². The van der Waals surface area contributed by atoms with Crippen molar-refractivity contribution in [2.24, 2.45) is 5.92 Å². The molecule has 1 fully saturated rings. The Morgan fingerprint density at radius 1 is 1.50 bits per heavy atom. The van der Waals surface area contributed by atoms with Gasteiger partial charge in [-0.1, -0.05) is 0 Å². The van der Waals surface area contributed by atoms with Gasteiger partial charge < -0.3 is 20.1 Å². The smallest absolute Gasteiger partial charge is 0.246 e. The van der Waals surface area contributed by atoms with Crippen molar-refractivity contribution in [1.82, 2.24) is 10.6 Å². The molecule has 1 aliphatic heterocycles. The number of hydrogen-bond acceptors (Lipinski definition) is 4. The lowest BCUT2D eigenvalue weighted by Gasteiger charge is -2.22. The summed E-state index contributed by atoms with van der Waals surface area (Å²) in [5.41, 5.74) is 0. The van der Waals surface area contributed by atoms with Crippen LogP contribution in [0.15, 0.2) is 0 Å². The van der Waals surface area contributed by atoms with Crippen molar-refractivity contribution in [3.63, 3.8) is 0 Å². The van der Waals surface area contributed by atoms with Gasteiger partial charge in [0.05, 0.1) is 13.2 Å². The van der Waals surface area contributed by atoms with Crippen molar-refractivity contribution in [2.75, 3.05) is 46.6 Å². The van der Waals surface area contributed by atoms with E-state index in [-0.39, 0.29) is 12.5 Å². The Hall–Kier alpha value is -0.650. The molecule has 0 aromatic rings. The third-order valence-corrected chi connectivity index (χ3v) is 2.65. The Kier molecular flexibility index (Phi) is 7.12. The number of methoxy groups -OCH3 is 1. The minimum absolute atomic E-state index is 0.0401. The number of rotatable bonds is 7. The number of carbonyl (C=O) groups is 1. The minimum Gasteiger partial charge on any atom is -0.382 e. The van der Waals surface area contributed by atoms with E-state index in [1.807, 2.05) is 0 Å². The number of hydrogen-bond donors (Lipinski definition) is 2. The molecular weight excluding hydrogens is 208 g/mol. The van der Waals surface area contributed by atoms with Crippen LogP contribution in [0.3, 0.4) is 0 Å². The molecule has 0 bridgehead atoms. The molecule has 0 spiro atoms. The zero-order valence-electron chi connectivity index (χ0n) is 9.96. The standard InChI is InChI=1S/C11H22N2O3/c1-15-5-6-16-9-11(14)13-8-10-3-2-4-12-7-10/h10,12H,2-9H2,1H3,(H,13,14). The van der Waals surface area contributed by atoms with Crippen LogP contribution < -0.4 is 10.6 Å². The summed E-state index contributed by atoms with van der Waals surface area (Å²) in [5.74, 6) is 0.526. The number of ether oxygens (including phenoxy) is 2. The van der Waals surface area contributed by atoms with Crippen LogP contribution in [-0.4, -0.2) is 52.5 Å². The lowest BCUT2D eigenvalue weighted by molar-refractivity contribution is -0.126. The fourth-order valence-corrected chi connectivity index (χ4v) is 1.71. The molecule has 1 amide bonds. The second kappa shape index (κ2) is 8.50. The van der Waals surface area contributed by atoms with Crippen molar-refractivity contribution in [3.8, 4) is 0 Å². The van der Waals surface area contributed by atoms with E-state index in [0.29, 0.717) is 19.1 Å². The highest BCUT2D eigenvalue weighted by Crippen LogP contribution is 2.07. The average Bonchev–Trinajstić information content (AvgIpc) is 2.33. The topological polar surface area (TPSA) is 59.6 Å². The molecule has 5 nitrogen and oxygen atoms in total. The molecule has 1 rings (SSSR count). The average molecular weight is 230 g/mol. The van der Waals surface area contributed by atoms with E-state index in [4.69, 9.17) is 9.47 Å². The van der Waals surface area contributed by atoms with E-state index < -0.39 is 0 Å². The normalized spacial score (nSPS) is 20.7. The van der Waals surface area contributed by atoms with Crippen LogP contribution in [0.2, 0.25) is 0 Å². The summed E-state index contributed by atoms with van der Waals surface area (Å²) < 4.78 is 9.94. The first-order chi connectivity index (χ1) is 7.83. The Morgan fingerprint density at radius 2 is 2.38 bits per heavy atom. The van der Waals surface area contributed by atoms with Gasteiger partial charge in [-0.05, 0) is 31.8 Å². The van der Waals surface area contributed by atoms with Crippen molar-refractivity contribution < 1.29 is 14.3 Å². The first kappa shape index (κ1) is 13.4. The van der Waals surface area contributed by atoms with E-state index in [1.165, 1.54) is 12.8 Å². The van der Waals surface area contributed by atoms with E-state index in [0.717, 1.165) is 19.6 Å². The lowest BCUT2D eigenvalue weighted by atomic mass is 10.00. The highest BCUT2D eigenvalue weighted by molar-refractivity contribution is 5.77. The lowest BCUT2D eigenvalue weighted by Crippen LogP contribution is -2.39. The van der Waals surface area contributed by atoms with Crippen LogP contribution >= 0.6 is 0 Å². The number of amides is 1. The van der Waals surface area contributed by atoms with Crippen molar-refractivity contribution in [3.05, 3.63) is 0 Å². The molecule has 16 heavy (non-hydrogen) atoms. The quantitative estimate of drug-likeness (QED) is 0.593. The number of nitrogens with one attached hydrogen (secondary N) is 2. The van der Waals surface area contributed by atoms with Gasteiger partial charge in [-0.3, -0.25) is 4.79 Å². The fraction of sp³-hybridized carbons (Fsp3) is 0.909. The van der Waals surface area contributed by atoms with E-state index >= 15 is 0 Å². The number of carbonyl (C=O) groups excluding carboxylic acids is 1. The zero-order valence-corrected chi connectivity index (χ0v) is 9.96. The summed E-state index contributed by atoms with van der Waals surface area (Å²) in [6.45, 7) is 3.98. The monoisotopic (exact) mass is 230 g/mol. The molecule has 5 heteroatoms. The van der Waals surface area contributed by atoms with E-state index in [1.54, 1.807) is 7.11 Å². The molecule has 2 N–H and O–H groups in total. The predicted octanol–water partition coefficient (Wildman–Crippen LogP) is -0.235. The van der Waals surface area contributed by atoms with E-state index in [9.17, 15) is 4.79 Å². The second-order valence-corrected chi connectivity index (χ2v) is 4.06. The predicted molar refractivity (Wildman–Crippen MR) is 61.3 cm³/mol. The molecule has 0 aromatic carbocycles. The first-order valence-corrected chi connectivity index (χ1v) is 5.87. The second-order valence-electron chi connectivity index (χ2n) is 4.06. The van der Waals surface area contributed by atoms with Crippen LogP contribution in [0.5, 0.6) is 0 Å². The molecule has 1 atom stereocenters. The van der Waals surface area contributed by atoms with Crippen LogP contribution in [-0.2, 0) is 14.3 Å². The minimum atomic E-state index is -0.0401. The third kappa shape index (κ3) is 6.05. The summed E-state index contributed by atoms with van der Waals surface area (Å²) >= 11 is 0. The Bertz CT molecular complexity index is 194. The summed E-state index contributed by atoms with van der Waals surface area (Å²) in [7, 11) is 1.61. The first-order valence-electron chi connectivity index (χ1n) is 5.87. The molecule has 0 saturated carbocycles. The van der Waals surface area contributed by atoms with E-state index in [2.05, 4.69) is 10.6 Å². The Balaban J connectivity index is 1.96. The molecule has 1 heterocycles. The van der Waals surface area contributed by atoms with Crippen LogP contribution in [0.4, 0.5) is 0 Å². The number of piperidine rings is 1. The largest absolute Gasteiger partial charge is 0.382 e. The van der Waals surface area contributed by atoms with Gasteiger partial charge >= 0.3 is 0 Å². The summed E-state index contributed by atoms with van der Waals surface area (Å²) in [5, 5.41) is 6.20. The molecule has 94 valence electrons. The van der Waals surface area contributed by atoms with Gasteiger partial charge in [0.15, 0.2) is 0 Å². The van der Waals surface area contributed by atoms with Crippen LogP contribution in [0, 0.1) is 5.92 Å². The highest BCUT2D eigenvalue weighted by Gasteiger charge is 2.13. The van der Waals surface area contributed by atoms with Gasteiger partial charge in [0.25, 0.3) is 0 Å². The summed E-state index contributed by atoms with van der Waals surface area (Å²) in [4.78, 5) is 11.4. The van der Waals surface area contributed by atoms with Gasteiger partial charge in [-0.2, -0.15) is 0 Å². The fourth-order valence-electron chi connectivity index (χ4n) is 1.71. The highest BCUT2D eigenvalue weighted by atomic mass is 16.5. The molecule has 0 radical (unpaired) electrons. The van der Waals surface area contributed by atoms with Gasteiger partial charge in [0.1, 0.15) is 6.61 Å². The van der Waals surface area contributed by atoms with Gasteiger partial charge in [-0.25, -0.2) is 0 Å². The van der Waals surface area contributed by atoms with Gasteiger partial charge in [0.2, 0.25) is 5.91 Å². The Morgan fingerprint density at radius 3 is 3.06 bits per heavy atom. The Labute approximate surface area is 96.9 Å². The maximum Gasteiger partial charge on any atom is 0.246 e. The van der Waals surface area contributed by atoms with Crippen molar-refractivity contribution in [1.29, 1.82) is 0 Å². The molecule has 1 saturated heterocycles. The molecule has 0 aromatic heterocycles. The zero-order chi connectivity index (χ0) is 11.6. The molecule has 1 unspecified atom stereocenters. The molecule has 1 aliphatic rings. The van der Waals surface area contributed by atoms with Crippen molar-refractivity contribution in [2.45, 2.75) is 12.8 Å². The van der Waals surface area contributed by atoms with Gasteiger partial charge in [0, 0.05) is 13.7 Å². The van der Waals surface area contributed by atoms with Crippen molar-refractivity contribution >= 4 is 5.91 Å². The molecular formula is C11H22N2O3. The van der Waals surface area contributed by atoms with Crippen LogP contribution in [0.1, 0.15) is 12.8 Å². The summed E-state index contributed by atoms with van der Waals surface area (Å²) in [6, 6.07) is 0. The SMILES string of the molecule is COCCOCC(=O)NCC1CCCNC1. The summed E-state index contributed by atoms with van der Waals surface area (Å²) in [6.07, 6.45) is 2.39. The van der Waals surface area contributed by atoms with Gasteiger partial charge in [-0.15, -0.1) is 0 Å². The maximum atomic E-state index is 11.4. The molecule has 0 aliphatic carbocycles.